The van der Waals surface area contributed by atoms with Crippen molar-refractivity contribution in [3.8, 4) is 9.88 Å². The Labute approximate surface area is 123 Å². The van der Waals surface area contributed by atoms with Crippen LogP contribution in [0.5, 0.6) is 0 Å². The number of nitrogens with one attached hydrogen (secondary N) is 1. The number of thiophene rings is 1. The molecule has 102 valence electrons. The summed E-state index contributed by atoms with van der Waals surface area (Å²) in [5.74, 6) is 0.379. The lowest BCUT2D eigenvalue weighted by Crippen LogP contribution is -2.12. The van der Waals surface area contributed by atoms with Gasteiger partial charge >= 0.3 is 0 Å². The number of hydrogen-bond acceptors (Lipinski definition) is 5. The smallest absolute Gasteiger partial charge is 0.268 e. The average Bonchev–Trinajstić information content (AvgIpc) is 3.09. The zero-order valence-electron chi connectivity index (χ0n) is 11.0. The Balaban J connectivity index is 1.85. The summed E-state index contributed by atoms with van der Waals surface area (Å²) in [4.78, 5) is 18.4. The lowest BCUT2D eigenvalue weighted by molar-refractivity contribution is 0.102. The Morgan fingerprint density at radius 2 is 2.25 bits per heavy atom. The summed E-state index contributed by atoms with van der Waals surface area (Å²) in [6.45, 7) is 1.85. The average molecular weight is 304 g/mol. The zero-order chi connectivity index (χ0) is 14.1. The summed E-state index contributed by atoms with van der Waals surface area (Å²) in [5.41, 5.74) is 0.742. The van der Waals surface area contributed by atoms with Gasteiger partial charge in [0.25, 0.3) is 5.91 Å². The fourth-order valence-corrected chi connectivity index (χ4v) is 3.53. The van der Waals surface area contributed by atoms with Crippen molar-refractivity contribution in [1.82, 2.24) is 14.8 Å². The van der Waals surface area contributed by atoms with Gasteiger partial charge in [-0.15, -0.1) is 22.7 Å². The molecule has 0 aliphatic carbocycles. The van der Waals surface area contributed by atoms with E-state index in [1.54, 1.807) is 28.3 Å². The highest BCUT2D eigenvalue weighted by molar-refractivity contribution is 7.22. The number of aromatic nitrogens is 3. The lowest BCUT2D eigenvalue weighted by Gasteiger charge is -1.99. The molecule has 0 bridgehead atoms. The number of aryl methyl sites for hydroxylation is 2. The highest BCUT2D eigenvalue weighted by atomic mass is 32.1. The summed E-state index contributed by atoms with van der Waals surface area (Å²) in [7, 11) is 1.81. The van der Waals surface area contributed by atoms with Gasteiger partial charge < -0.3 is 5.32 Å². The fourth-order valence-electron chi connectivity index (χ4n) is 1.77. The first-order valence-electron chi connectivity index (χ1n) is 5.96. The summed E-state index contributed by atoms with van der Waals surface area (Å²) in [6, 6.07) is 5.74. The lowest BCUT2D eigenvalue weighted by atomic mass is 10.3. The van der Waals surface area contributed by atoms with Gasteiger partial charge in [0.05, 0.1) is 10.6 Å². The molecule has 0 aliphatic heterocycles. The van der Waals surface area contributed by atoms with Crippen LogP contribution in [0, 0.1) is 6.92 Å². The third kappa shape index (κ3) is 2.50. The van der Waals surface area contributed by atoms with Gasteiger partial charge in [-0.2, -0.15) is 5.10 Å². The van der Waals surface area contributed by atoms with Crippen molar-refractivity contribution in [3.05, 3.63) is 40.3 Å². The molecule has 0 fully saturated rings. The molecule has 7 heteroatoms. The first kappa shape index (κ1) is 13.0. The van der Waals surface area contributed by atoms with Gasteiger partial charge in [-0.05, 0) is 18.4 Å². The second-order valence-electron chi connectivity index (χ2n) is 4.24. The highest BCUT2D eigenvalue weighted by Crippen LogP contribution is 2.31. The number of amides is 1. The minimum atomic E-state index is -0.165. The van der Waals surface area contributed by atoms with Gasteiger partial charge in [0.1, 0.15) is 9.88 Å². The van der Waals surface area contributed by atoms with Crippen LogP contribution in [0.4, 0.5) is 5.82 Å². The van der Waals surface area contributed by atoms with Gasteiger partial charge in [0, 0.05) is 19.3 Å². The SMILES string of the molecule is Cc1nc(-c2cccs2)sc1C(=O)Nc1ccn(C)n1. The molecule has 1 amide bonds. The molecule has 3 aromatic rings. The first-order chi connectivity index (χ1) is 9.63. The van der Waals surface area contributed by atoms with Gasteiger partial charge in [0.2, 0.25) is 0 Å². The Bertz CT molecular complexity index is 742. The molecule has 0 saturated heterocycles. The van der Waals surface area contributed by atoms with Crippen LogP contribution in [-0.4, -0.2) is 20.7 Å². The number of rotatable bonds is 3. The minimum Gasteiger partial charge on any atom is -0.304 e. The number of carbonyl (C=O) groups is 1. The van der Waals surface area contributed by atoms with Crippen LogP contribution in [0.1, 0.15) is 15.4 Å². The van der Waals surface area contributed by atoms with Crippen molar-refractivity contribution in [2.75, 3.05) is 5.32 Å². The molecule has 0 saturated carbocycles. The van der Waals surface area contributed by atoms with E-state index in [1.165, 1.54) is 11.3 Å². The predicted octanol–water partition coefficient (Wildman–Crippen LogP) is 3.17. The number of carbonyl (C=O) groups excluding carboxylic acids is 1. The van der Waals surface area contributed by atoms with Crippen molar-refractivity contribution < 1.29 is 4.79 Å². The van der Waals surface area contributed by atoms with E-state index in [0.29, 0.717) is 10.7 Å². The van der Waals surface area contributed by atoms with E-state index in [2.05, 4.69) is 15.4 Å². The van der Waals surface area contributed by atoms with Crippen LogP contribution in [0.25, 0.3) is 9.88 Å². The van der Waals surface area contributed by atoms with Crippen molar-refractivity contribution in [1.29, 1.82) is 0 Å². The predicted molar refractivity (Wildman–Crippen MR) is 81.3 cm³/mol. The van der Waals surface area contributed by atoms with Gasteiger partial charge in [0.15, 0.2) is 5.82 Å². The number of hydrogen-bond donors (Lipinski definition) is 1. The standard InChI is InChI=1S/C13H12N4OS2/c1-8-11(12(18)15-10-5-6-17(2)16-10)20-13(14-8)9-4-3-7-19-9/h3-7H,1-2H3,(H,15,16,18). The maximum absolute atomic E-state index is 12.2. The van der Waals surface area contributed by atoms with E-state index in [4.69, 9.17) is 0 Å². The third-order valence-corrected chi connectivity index (χ3v) is 4.89. The van der Waals surface area contributed by atoms with E-state index in [0.717, 1.165) is 15.6 Å². The van der Waals surface area contributed by atoms with Crippen LogP contribution in [0.3, 0.4) is 0 Å². The molecular weight excluding hydrogens is 292 g/mol. The Morgan fingerprint density at radius 3 is 2.90 bits per heavy atom. The molecular formula is C13H12N4OS2. The van der Waals surface area contributed by atoms with Crippen LogP contribution < -0.4 is 5.32 Å². The van der Waals surface area contributed by atoms with E-state index in [1.807, 2.05) is 31.5 Å². The van der Waals surface area contributed by atoms with E-state index in [-0.39, 0.29) is 5.91 Å². The topological polar surface area (TPSA) is 59.8 Å². The van der Waals surface area contributed by atoms with Crippen molar-refractivity contribution >= 4 is 34.4 Å². The molecule has 0 aliphatic rings. The number of nitrogens with zero attached hydrogens (tertiary/aromatic N) is 3. The van der Waals surface area contributed by atoms with Crippen LogP contribution in [-0.2, 0) is 7.05 Å². The van der Waals surface area contributed by atoms with E-state index in [9.17, 15) is 4.79 Å². The summed E-state index contributed by atoms with van der Waals surface area (Å²) in [6.07, 6.45) is 1.78. The largest absolute Gasteiger partial charge is 0.304 e. The van der Waals surface area contributed by atoms with Crippen LogP contribution in [0.2, 0.25) is 0 Å². The summed E-state index contributed by atoms with van der Waals surface area (Å²) in [5, 5.41) is 9.79. The van der Waals surface area contributed by atoms with Crippen LogP contribution in [0.15, 0.2) is 29.8 Å². The van der Waals surface area contributed by atoms with E-state index < -0.39 is 0 Å². The van der Waals surface area contributed by atoms with Gasteiger partial charge in [-0.25, -0.2) is 4.98 Å². The molecule has 0 aromatic carbocycles. The van der Waals surface area contributed by atoms with Crippen molar-refractivity contribution in [3.63, 3.8) is 0 Å². The molecule has 3 heterocycles. The molecule has 20 heavy (non-hydrogen) atoms. The second-order valence-corrected chi connectivity index (χ2v) is 6.19. The van der Waals surface area contributed by atoms with Crippen LogP contribution >= 0.6 is 22.7 Å². The minimum absolute atomic E-state index is 0.165. The number of thiazole rings is 1. The Hall–Kier alpha value is -1.99. The quantitative estimate of drug-likeness (QED) is 0.808. The molecule has 0 radical (unpaired) electrons. The molecule has 3 aromatic heterocycles. The molecule has 1 N–H and O–H groups in total. The van der Waals surface area contributed by atoms with E-state index >= 15 is 0 Å². The zero-order valence-corrected chi connectivity index (χ0v) is 12.6. The summed E-state index contributed by atoms with van der Waals surface area (Å²) < 4.78 is 1.65. The van der Waals surface area contributed by atoms with Crippen molar-refractivity contribution in [2.24, 2.45) is 7.05 Å². The highest BCUT2D eigenvalue weighted by Gasteiger charge is 2.17. The molecule has 0 spiro atoms. The second kappa shape index (κ2) is 5.18. The molecule has 3 rings (SSSR count). The summed E-state index contributed by atoms with van der Waals surface area (Å²) >= 11 is 3.02. The Morgan fingerprint density at radius 1 is 1.40 bits per heavy atom. The normalized spacial score (nSPS) is 10.7. The molecule has 0 atom stereocenters. The Kier molecular flexibility index (Phi) is 3.37. The van der Waals surface area contributed by atoms with Gasteiger partial charge in [-0.1, -0.05) is 6.07 Å². The maximum Gasteiger partial charge on any atom is 0.268 e. The molecule has 0 unspecified atom stereocenters. The molecule has 5 nitrogen and oxygen atoms in total. The van der Waals surface area contributed by atoms with Gasteiger partial charge in [-0.3, -0.25) is 9.48 Å². The fraction of sp³-hybridized carbons (Fsp3) is 0.154. The number of anilines is 1. The monoisotopic (exact) mass is 304 g/mol. The maximum atomic E-state index is 12.2. The first-order valence-corrected chi connectivity index (χ1v) is 7.65. The van der Waals surface area contributed by atoms with Crippen molar-refractivity contribution in [2.45, 2.75) is 6.92 Å². The third-order valence-electron chi connectivity index (χ3n) is 2.69.